The fourth-order valence-corrected chi connectivity index (χ4v) is 5.35. The van der Waals surface area contributed by atoms with Gasteiger partial charge in [0.1, 0.15) is 11.9 Å². The first-order chi connectivity index (χ1) is 15.0. The normalized spacial score (nSPS) is 17.3. The third-order valence-electron chi connectivity index (χ3n) is 5.31. The second-order valence-electron chi connectivity index (χ2n) is 7.48. The maximum Gasteiger partial charge on any atom is 0.390 e. The second-order valence-corrected chi connectivity index (χ2v) is 9.97. The van der Waals surface area contributed by atoms with Gasteiger partial charge < -0.3 is 4.90 Å². The van der Waals surface area contributed by atoms with Crippen molar-refractivity contribution in [2.24, 2.45) is 0 Å². The van der Waals surface area contributed by atoms with E-state index in [1.165, 1.54) is 12.1 Å². The Balaban J connectivity index is 1.87. The highest BCUT2D eigenvalue weighted by molar-refractivity contribution is 7.89. The SMILES string of the molecule is N#Cc1ccc(N(Cc2ccccc2F)[C@H]2CCN(S(=O)(=O)CCC(F)(F)F)C2)cc1Cl. The third kappa shape index (κ3) is 5.91. The van der Waals surface area contributed by atoms with Gasteiger partial charge in [-0.1, -0.05) is 29.8 Å². The molecular weight excluding hydrogens is 470 g/mol. The molecule has 1 aliphatic heterocycles. The summed E-state index contributed by atoms with van der Waals surface area (Å²) in [5.41, 5.74) is 1.17. The standard InChI is InChI=1S/C21H20ClF4N3O2S/c22-19-11-17(6-5-15(19)12-27)29(13-16-3-1-2-4-20(16)23)18-7-9-28(14-18)32(30,31)10-8-21(24,25)26/h1-6,11,18H,7-10,13-14H2/t18-/m0/s1. The van der Waals surface area contributed by atoms with Crippen LogP contribution in [0, 0.1) is 17.1 Å². The van der Waals surface area contributed by atoms with Gasteiger partial charge in [-0.15, -0.1) is 0 Å². The Bertz CT molecular complexity index is 1120. The summed E-state index contributed by atoms with van der Waals surface area (Å²) < 4.78 is 77.8. The van der Waals surface area contributed by atoms with Crippen LogP contribution >= 0.6 is 11.6 Å². The number of benzene rings is 2. The average molecular weight is 490 g/mol. The number of rotatable bonds is 7. The van der Waals surface area contributed by atoms with Crippen molar-refractivity contribution in [1.29, 1.82) is 5.26 Å². The Morgan fingerprint density at radius 1 is 1.22 bits per heavy atom. The van der Waals surface area contributed by atoms with E-state index in [0.29, 0.717) is 17.7 Å². The molecule has 2 aromatic rings. The van der Waals surface area contributed by atoms with Crippen LogP contribution in [0.5, 0.6) is 0 Å². The summed E-state index contributed by atoms with van der Waals surface area (Å²) in [6, 6.07) is 12.3. The van der Waals surface area contributed by atoms with Crippen molar-refractivity contribution in [3.63, 3.8) is 0 Å². The van der Waals surface area contributed by atoms with E-state index < -0.39 is 40.2 Å². The van der Waals surface area contributed by atoms with Crippen LogP contribution in [0.1, 0.15) is 24.0 Å². The van der Waals surface area contributed by atoms with Crippen molar-refractivity contribution in [1.82, 2.24) is 4.31 Å². The Labute approximate surface area is 188 Å². The van der Waals surface area contributed by atoms with Crippen LogP contribution in [0.15, 0.2) is 42.5 Å². The van der Waals surface area contributed by atoms with Gasteiger partial charge in [-0.25, -0.2) is 12.8 Å². The molecule has 0 bridgehead atoms. The van der Waals surface area contributed by atoms with E-state index in [2.05, 4.69) is 0 Å². The minimum Gasteiger partial charge on any atom is -0.363 e. The highest BCUT2D eigenvalue weighted by atomic mass is 35.5. The van der Waals surface area contributed by atoms with Crippen molar-refractivity contribution < 1.29 is 26.0 Å². The van der Waals surface area contributed by atoms with Gasteiger partial charge in [0.15, 0.2) is 0 Å². The van der Waals surface area contributed by atoms with Crippen LogP contribution in [-0.2, 0) is 16.6 Å². The van der Waals surface area contributed by atoms with Crippen molar-refractivity contribution in [3.05, 3.63) is 64.4 Å². The lowest BCUT2D eigenvalue weighted by atomic mass is 10.1. The Kier molecular flexibility index (Phi) is 7.32. The predicted molar refractivity (Wildman–Crippen MR) is 113 cm³/mol. The largest absolute Gasteiger partial charge is 0.390 e. The summed E-state index contributed by atoms with van der Waals surface area (Å²) in [5.74, 6) is -1.45. The second kappa shape index (κ2) is 9.65. The Morgan fingerprint density at radius 2 is 1.94 bits per heavy atom. The predicted octanol–water partition coefficient (Wildman–Crippen LogP) is 4.71. The summed E-state index contributed by atoms with van der Waals surface area (Å²) >= 11 is 6.16. The van der Waals surface area contributed by atoms with Gasteiger partial charge >= 0.3 is 6.18 Å². The molecule has 1 fully saturated rings. The Hall–Kier alpha value is -2.35. The van der Waals surface area contributed by atoms with Gasteiger partial charge in [0.05, 0.1) is 22.8 Å². The van der Waals surface area contributed by atoms with E-state index in [1.54, 1.807) is 35.2 Å². The molecule has 0 radical (unpaired) electrons. The van der Waals surface area contributed by atoms with E-state index in [1.807, 2.05) is 6.07 Å². The fraction of sp³-hybridized carbons (Fsp3) is 0.381. The lowest BCUT2D eigenvalue weighted by molar-refractivity contribution is -0.130. The smallest absolute Gasteiger partial charge is 0.363 e. The highest BCUT2D eigenvalue weighted by Gasteiger charge is 2.37. The number of anilines is 1. The van der Waals surface area contributed by atoms with Crippen molar-refractivity contribution in [2.45, 2.75) is 31.6 Å². The van der Waals surface area contributed by atoms with Gasteiger partial charge in [-0.05, 0) is 30.7 Å². The van der Waals surface area contributed by atoms with Crippen LogP contribution in [0.25, 0.3) is 0 Å². The van der Waals surface area contributed by atoms with Crippen LogP contribution in [-0.4, -0.2) is 43.8 Å². The average Bonchev–Trinajstić information content (AvgIpc) is 3.22. The number of hydrogen-bond acceptors (Lipinski definition) is 4. The number of sulfonamides is 1. The molecule has 0 aliphatic carbocycles. The first-order valence-corrected chi connectivity index (χ1v) is 11.7. The number of alkyl halides is 3. The molecule has 5 nitrogen and oxygen atoms in total. The minimum absolute atomic E-state index is 0.0355. The molecule has 0 amide bonds. The first-order valence-electron chi connectivity index (χ1n) is 9.74. The first kappa shape index (κ1) is 24.3. The molecule has 32 heavy (non-hydrogen) atoms. The summed E-state index contributed by atoms with van der Waals surface area (Å²) in [6.07, 6.45) is -5.64. The molecule has 1 atom stereocenters. The fourth-order valence-electron chi connectivity index (χ4n) is 3.61. The summed E-state index contributed by atoms with van der Waals surface area (Å²) in [6.45, 7) is 0.116. The van der Waals surface area contributed by atoms with E-state index in [0.717, 1.165) is 4.31 Å². The number of nitrogens with zero attached hydrogens (tertiary/aromatic N) is 3. The molecule has 1 saturated heterocycles. The molecule has 172 valence electrons. The van der Waals surface area contributed by atoms with E-state index in [9.17, 15) is 26.0 Å². The van der Waals surface area contributed by atoms with Gasteiger partial charge in [0, 0.05) is 36.9 Å². The molecule has 11 heteroatoms. The lowest BCUT2D eigenvalue weighted by Crippen LogP contribution is -2.39. The maximum absolute atomic E-state index is 14.3. The molecule has 0 N–H and O–H groups in total. The van der Waals surface area contributed by atoms with E-state index in [-0.39, 0.29) is 30.2 Å². The molecule has 2 aromatic carbocycles. The van der Waals surface area contributed by atoms with Gasteiger partial charge in [-0.3, -0.25) is 0 Å². The zero-order chi connectivity index (χ0) is 23.5. The van der Waals surface area contributed by atoms with Gasteiger partial charge in [0.25, 0.3) is 0 Å². The van der Waals surface area contributed by atoms with Crippen LogP contribution in [0.3, 0.4) is 0 Å². The monoisotopic (exact) mass is 489 g/mol. The number of nitriles is 1. The third-order valence-corrected chi connectivity index (χ3v) is 7.46. The molecule has 3 rings (SSSR count). The zero-order valence-corrected chi connectivity index (χ0v) is 18.4. The lowest BCUT2D eigenvalue weighted by Gasteiger charge is -2.32. The van der Waals surface area contributed by atoms with Crippen molar-refractivity contribution in [2.75, 3.05) is 23.7 Å². The molecule has 0 saturated carbocycles. The molecule has 0 unspecified atom stereocenters. The van der Waals surface area contributed by atoms with Gasteiger partial charge in [0.2, 0.25) is 10.0 Å². The molecule has 0 aromatic heterocycles. The quantitative estimate of drug-likeness (QED) is 0.528. The molecule has 0 spiro atoms. The van der Waals surface area contributed by atoms with Crippen molar-refractivity contribution >= 4 is 27.3 Å². The molecule has 1 aliphatic rings. The Morgan fingerprint density at radius 3 is 2.56 bits per heavy atom. The van der Waals surface area contributed by atoms with Crippen LogP contribution in [0.4, 0.5) is 23.2 Å². The number of hydrogen-bond donors (Lipinski definition) is 0. The maximum atomic E-state index is 14.3. The van der Waals surface area contributed by atoms with E-state index in [4.69, 9.17) is 16.9 Å². The topological polar surface area (TPSA) is 64.4 Å². The van der Waals surface area contributed by atoms with Crippen molar-refractivity contribution in [3.8, 4) is 6.07 Å². The summed E-state index contributed by atoms with van der Waals surface area (Å²) in [4.78, 5) is 1.77. The molecule has 1 heterocycles. The highest BCUT2D eigenvalue weighted by Crippen LogP contribution is 2.31. The minimum atomic E-state index is -4.57. The van der Waals surface area contributed by atoms with Gasteiger partial charge in [-0.2, -0.15) is 22.7 Å². The van der Waals surface area contributed by atoms with Crippen LogP contribution in [0.2, 0.25) is 5.02 Å². The summed E-state index contributed by atoms with van der Waals surface area (Å²) in [5, 5.41) is 9.30. The van der Waals surface area contributed by atoms with E-state index >= 15 is 0 Å². The summed E-state index contributed by atoms with van der Waals surface area (Å²) in [7, 11) is -4.10. The number of halogens is 5. The zero-order valence-electron chi connectivity index (χ0n) is 16.8. The molecular formula is C21H20ClF4N3O2S. The van der Waals surface area contributed by atoms with Crippen LogP contribution < -0.4 is 4.90 Å².